The largest absolute Gasteiger partial charge is 0.326 e. The Bertz CT molecular complexity index is 556. The molecule has 17 heavy (non-hydrogen) atoms. The first-order chi connectivity index (χ1) is 7.95. The maximum atomic E-state index is 5.82. The quantitative estimate of drug-likeness (QED) is 0.869. The van der Waals surface area contributed by atoms with Gasteiger partial charge in [-0.2, -0.15) is 0 Å². The number of nitrogens with two attached hydrogens (primary N) is 1. The molecular weight excluding hydrogens is 276 g/mol. The summed E-state index contributed by atoms with van der Waals surface area (Å²) in [5.74, 6) is 0. The minimum absolute atomic E-state index is 0.0662. The normalized spacial score (nSPS) is 12.1. The van der Waals surface area contributed by atoms with Gasteiger partial charge in [-0.15, -0.1) is 0 Å². The van der Waals surface area contributed by atoms with E-state index in [0.717, 1.165) is 15.6 Å². The second-order valence-corrected chi connectivity index (χ2v) is 6.10. The third-order valence-electron chi connectivity index (χ3n) is 2.90. The van der Waals surface area contributed by atoms with Crippen LogP contribution in [0.3, 0.4) is 0 Å². The lowest BCUT2D eigenvalue weighted by atomic mass is 9.82. The van der Waals surface area contributed by atoms with Gasteiger partial charge in [-0.25, -0.2) is 0 Å². The zero-order chi connectivity index (χ0) is 12.6. The van der Waals surface area contributed by atoms with E-state index in [1.54, 1.807) is 0 Å². The average Bonchev–Trinajstić information content (AvgIpc) is 2.26. The highest BCUT2D eigenvalue weighted by atomic mass is 79.9. The van der Waals surface area contributed by atoms with Crippen LogP contribution < -0.4 is 5.73 Å². The maximum absolute atomic E-state index is 5.82. The van der Waals surface area contributed by atoms with Gasteiger partial charge in [-0.05, 0) is 38.5 Å². The molecule has 0 saturated heterocycles. The van der Waals surface area contributed by atoms with Crippen molar-refractivity contribution in [2.75, 3.05) is 0 Å². The number of nitrogens with zero attached hydrogens (tertiary/aromatic N) is 1. The number of rotatable bonds is 1. The molecule has 0 bridgehead atoms. The van der Waals surface area contributed by atoms with Crippen LogP contribution in [0, 0.1) is 0 Å². The minimum atomic E-state index is 0.0662. The van der Waals surface area contributed by atoms with Crippen molar-refractivity contribution in [1.82, 2.24) is 4.98 Å². The van der Waals surface area contributed by atoms with Crippen molar-refractivity contribution in [3.8, 4) is 0 Å². The fourth-order valence-electron chi connectivity index (χ4n) is 2.27. The van der Waals surface area contributed by atoms with Gasteiger partial charge in [0.25, 0.3) is 0 Å². The molecule has 2 nitrogen and oxygen atoms in total. The zero-order valence-corrected chi connectivity index (χ0v) is 12.0. The third kappa shape index (κ3) is 2.22. The van der Waals surface area contributed by atoms with E-state index in [4.69, 9.17) is 5.73 Å². The van der Waals surface area contributed by atoms with Gasteiger partial charge in [-0.1, -0.05) is 32.9 Å². The Hall–Kier alpha value is -0.930. The highest BCUT2D eigenvalue weighted by Crippen LogP contribution is 2.34. The van der Waals surface area contributed by atoms with Crippen molar-refractivity contribution in [3.63, 3.8) is 0 Å². The summed E-state index contributed by atoms with van der Waals surface area (Å²) >= 11 is 3.55. The third-order valence-corrected chi connectivity index (χ3v) is 3.54. The lowest BCUT2D eigenvalue weighted by Crippen LogP contribution is -2.17. The van der Waals surface area contributed by atoms with Crippen molar-refractivity contribution in [2.45, 2.75) is 32.7 Å². The Morgan fingerprint density at radius 1 is 1.29 bits per heavy atom. The molecule has 1 aromatic heterocycles. The average molecular weight is 293 g/mol. The fraction of sp³-hybridized carbons (Fsp3) is 0.357. The summed E-state index contributed by atoms with van der Waals surface area (Å²) in [7, 11) is 0. The smallest absolute Gasteiger partial charge is 0.0847 e. The van der Waals surface area contributed by atoms with Gasteiger partial charge in [0.2, 0.25) is 0 Å². The van der Waals surface area contributed by atoms with Gasteiger partial charge in [0.1, 0.15) is 0 Å². The van der Waals surface area contributed by atoms with Crippen LogP contribution >= 0.6 is 15.9 Å². The molecule has 0 amide bonds. The van der Waals surface area contributed by atoms with Crippen molar-refractivity contribution in [2.24, 2.45) is 5.73 Å². The van der Waals surface area contributed by atoms with Gasteiger partial charge in [-0.3, -0.25) is 4.98 Å². The Morgan fingerprint density at radius 3 is 2.59 bits per heavy atom. The topological polar surface area (TPSA) is 38.9 Å². The Balaban J connectivity index is 2.89. The summed E-state index contributed by atoms with van der Waals surface area (Å²) in [4.78, 5) is 4.50. The molecule has 2 rings (SSSR count). The summed E-state index contributed by atoms with van der Waals surface area (Å²) < 4.78 is 1.03. The molecule has 0 aliphatic carbocycles. The monoisotopic (exact) mass is 292 g/mol. The van der Waals surface area contributed by atoms with Crippen molar-refractivity contribution >= 4 is 26.8 Å². The highest BCUT2D eigenvalue weighted by Gasteiger charge is 2.21. The molecule has 2 N–H and O–H groups in total. The predicted molar refractivity (Wildman–Crippen MR) is 76.0 cm³/mol. The predicted octanol–water partition coefficient (Wildman–Crippen LogP) is 3.75. The fourth-order valence-corrected chi connectivity index (χ4v) is 2.74. The molecule has 0 aliphatic heterocycles. The number of benzene rings is 1. The minimum Gasteiger partial charge on any atom is -0.326 e. The summed E-state index contributed by atoms with van der Waals surface area (Å²) in [6.07, 6.45) is 1.90. The van der Waals surface area contributed by atoms with E-state index in [0.29, 0.717) is 6.54 Å². The van der Waals surface area contributed by atoms with Gasteiger partial charge in [0.05, 0.1) is 5.52 Å². The summed E-state index contributed by atoms with van der Waals surface area (Å²) in [6, 6.07) is 6.18. The molecule has 0 fully saturated rings. The number of para-hydroxylation sites is 1. The van der Waals surface area contributed by atoms with Gasteiger partial charge in [0.15, 0.2) is 0 Å². The molecule has 0 aliphatic rings. The Kier molecular flexibility index (Phi) is 3.23. The van der Waals surface area contributed by atoms with Crippen LogP contribution in [0.1, 0.15) is 31.9 Å². The Labute approximate surface area is 110 Å². The van der Waals surface area contributed by atoms with E-state index in [2.05, 4.69) is 47.8 Å². The molecule has 1 heterocycles. The highest BCUT2D eigenvalue weighted by molar-refractivity contribution is 9.10. The first kappa shape index (κ1) is 12.5. The summed E-state index contributed by atoms with van der Waals surface area (Å²) in [6.45, 7) is 7.16. The maximum Gasteiger partial charge on any atom is 0.0847 e. The van der Waals surface area contributed by atoms with E-state index >= 15 is 0 Å². The van der Waals surface area contributed by atoms with Crippen LogP contribution in [0.2, 0.25) is 0 Å². The van der Waals surface area contributed by atoms with E-state index in [1.165, 1.54) is 10.9 Å². The van der Waals surface area contributed by atoms with Gasteiger partial charge in [0, 0.05) is 22.6 Å². The number of pyridine rings is 1. The molecule has 0 radical (unpaired) electrons. The number of fused-ring (bicyclic) bond motifs is 1. The number of hydrogen-bond acceptors (Lipinski definition) is 2. The SMILES string of the molecule is CC(C)(C)c1c(CN)cnc2c(Br)cccc12. The van der Waals surface area contributed by atoms with Crippen LogP contribution in [-0.2, 0) is 12.0 Å². The van der Waals surface area contributed by atoms with Crippen LogP contribution in [0.4, 0.5) is 0 Å². The summed E-state index contributed by atoms with van der Waals surface area (Å²) in [5, 5.41) is 1.19. The molecule has 0 unspecified atom stereocenters. The van der Waals surface area contributed by atoms with Crippen LogP contribution in [0.15, 0.2) is 28.9 Å². The lowest BCUT2D eigenvalue weighted by molar-refractivity contribution is 0.587. The Morgan fingerprint density at radius 2 is 2.00 bits per heavy atom. The molecular formula is C14H17BrN2. The molecule has 90 valence electrons. The molecule has 0 atom stereocenters. The van der Waals surface area contributed by atoms with E-state index in [1.807, 2.05) is 18.3 Å². The summed E-state index contributed by atoms with van der Waals surface area (Å²) in [5.41, 5.74) is 9.33. The van der Waals surface area contributed by atoms with Crippen molar-refractivity contribution in [3.05, 3.63) is 40.0 Å². The standard InChI is InChI=1S/C14H17BrN2/c1-14(2,3)12-9(7-16)8-17-13-10(12)5-4-6-11(13)15/h4-6,8H,7,16H2,1-3H3. The van der Waals surface area contributed by atoms with Crippen molar-refractivity contribution in [1.29, 1.82) is 0 Å². The second kappa shape index (κ2) is 4.39. The first-order valence-corrected chi connectivity index (χ1v) is 6.51. The van der Waals surface area contributed by atoms with E-state index in [-0.39, 0.29) is 5.41 Å². The number of halogens is 1. The molecule has 3 heteroatoms. The van der Waals surface area contributed by atoms with E-state index < -0.39 is 0 Å². The van der Waals surface area contributed by atoms with Crippen molar-refractivity contribution < 1.29 is 0 Å². The lowest BCUT2D eigenvalue weighted by Gasteiger charge is -2.24. The van der Waals surface area contributed by atoms with E-state index in [9.17, 15) is 0 Å². The molecule has 0 saturated carbocycles. The van der Waals surface area contributed by atoms with Gasteiger partial charge < -0.3 is 5.73 Å². The molecule has 1 aromatic carbocycles. The second-order valence-electron chi connectivity index (χ2n) is 5.25. The molecule has 0 spiro atoms. The van der Waals surface area contributed by atoms with Crippen LogP contribution in [-0.4, -0.2) is 4.98 Å². The number of aromatic nitrogens is 1. The van der Waals surface area contributed by atoms with Crippen LogP contribution in [0.5, 0.6) is 0 Å². The zero-order valence-electron chi connectivity index (χ0n) is 10.4. The van der Waals surface area contributed by atoms with Crippen LogP contribution in [0.25, 0.3) is 10.9 Å². The first-order valence-electron chi connectivity index (χ1n) is 5.72. The van der Waals surface area contributed by atoms with Gasteiger partial charge >= 0.3 is 0 Å². The molecule has 2 aromatic rings. The number of hydrogen-bond donors (Lipinski definition) is 1.